The summed E-state index contributed by atoms with van der Waals surface area (Å²) in [6.45, 7) is -0.651. The first-order valence-electron chi connectivity index (χ1n) is 3.52. The van der Waals surface area contributed by atoms with Crippen LogP contribution in [0.5, 0.6) is 0 Å². The summed E-state index contributed by atoms with van der Waals surface area (Å²) >= 11 is 0. The van der Waals surface area contributed by atoms with E-state index in [-0.39, 0.29) is 0 Å². The highest BCUT2D eigenvalue weighted by molar-refractivity contribution is 4.88. The summed E-state index contributed by atoms with van der Waals surface area (Å²) in [6.07, 6.45) is -8.19. The fourth-order valence-electron chi connectivity index (χ4n) is 1.06. The molecule has 0 aromatic carbocycles. The van der Waals surface area contributed by atoms with Crippen molar-refractivity contribution in [1.82, 2.24) is 0 Å². The number of ether oxygens (including phenoxy) is 1. The molecule has 72 valence electrons. The van der Waals surface area contributed by atoms with Gasteiger partial charge in [0.05, 0.1) is 6.61 Å². The minimum absolute atomic E-state index is 0.651. The second-order valence-corrected chi connectivity index (χ2v) is 2.67. The SMILES string of the molecule is OC[C@@H]1O[C@@H](O)[C@H](O)[C@@H](O)[C@@H]1F. The van der Waals surface area contributed by atoms with E-state index in [1.54, 1.807) is 0 Å². The molecule has 1 heterocycles. The third-order valence-corrected chi connectivity index (χ3v) is 1.82. The fraction of sp³-hybridized carbons (Fsp3) is 1.00. The molecule has 1 aliphatic heterocycles. The summed E-state index contributed by atoms with van der Waals surface area (Å²) in [4.78, 5) is 0. The zero-order chi connectivity index (χ0) is 9.30. The van der Waals surface area contributed by atoms with Crippen molar-refractivity contribution in [2.75, 3.05) is 6.61 Å². The summed E-state index contributed by atoms with van der Waals surface area (Å²) in [5.41, 5.74) is 0. The minimum Gasteiger partial charge on any atom is -0.394 e. The van der Waals surface area contributed by atoms with Gasteiger partial charge in [-0.1, -0.05) is 0 Å². The van der Waals surface area contributed by atoms with Gasteiger partial charge in [0.25, 0.3) is 0 Å². The lowest BCUT2D eigenvalue weighted by Crippen LogP contribution is -2.56. The Balaban J connectivity index is 2.63. The Bertz CT molecular complexity index is 150. The fourth-order valence-corrected chi connectivity index (χ4v) is 1.06. The van der Waals surface area contributed by atoms with Crippen LogP contribution in [-0.2, 0) is 4.74 Å². The standard InChI is InChI=1S/C6H11FO5/c7-3-2(1-8)12-6(11)5(10)4(3)9/h2-6,8-11H,1H2/t2-,3+,4-,5+,6+/m0/s1. The Labute approximate surface area is 68.0 Å². The lowest BCUT2D eigenvalue weighted by atomic mass is 10.0. The Morgan fingerprint density at radius 1 is 1.17 bits per heavy atom. The summed E-state index contributed by atoms with van der Waals surface area (Å²) in [7, 11) is 0. The van der Waals surface area contributed by atoms with Gasteiger partial charge in [0.2, 0.25) is 0 Å². The Kier molecular flexibility index (Phi) is 2.97. The number of alkyl halides is 1. The van der Waals surface area contributed by atoms with E-state index in [1.165, 1.54) is 0 Å². The van der Waals surface area contributed by atoms with E-state index in [1.807, 2.05) is 0 Å². The van der Waals surface area contributed by atoms with Crippen LogP contribution < -0.4 is 0 Å². The molecule has 0 unspecified atom stereocenters. The van der Waals surface area contributed by atoms with Gasteiger partial charge in [-0.25, -0.2) is 4.39 Å². The molecule has 4 N–H and O–H groups in total. The largest absolute Gasteiger partial charge is 0.394 e. The van der Waals surface area contributed by atoms with Crippen LogP contribution in [0.4, 0.5) is 4.39 Å². The second kappa shape index (κ2) is 3.63. The van der Waals surface area contributed by atoms with Crippen LogP contribution in [-0.4, -0.2) is 57.8 Å². The lowest BCUT2D eigenvalue weighted by molar-refractivity contribution is -0.274. The summed E-state index contributed by atoms with van der Waals surface area (Å²) in [5, 5.41) is 35.2. The van der Waals surface area contributed by atoms with Crippen molar-refractivity contribution >= 4 is 0 Å². The molecule has 0 aromatic heterocycles. The van der Waals surface area contributed by atoms with E-state index in [0.29, 0.717) is 0 Å². The number of aliphatic hydroxyl groups is 4. The van der Waals surface area contributed by atoms with Crippen LogP contribution in [0, 0.1) is 0 Å². The topological polar surface area (TPSA) is 90.2 Å². The summed E-state index contributed by atoms with van der Waals surface area (Å²) < 4.78 is 17.3. The van der Waals surface area contributed by atoms with Crippen molar-refractivity contribution in [2.45, 2.75) is 30.8 Å². The van der Waals surface area contributed by atoms with Gasteiger partial charge in [0.15, 0.2) is 12.5 Å². The zero-order valence-electron chi connectivity index (χ0n) is 6.17. The molecule has 0 spiro atoms. The quantitative estimate of drug-likeness (QED) is 0.368. The van der Waals surface area contributed by atoms with Crippen LogP contribution in [0.25, 0.3) is 0 Å². The monoisotopic (exact) mass is 182 g/mol. The molecule has 0 radical (unpaired) electrons. The molecule has 0 bridgehead atoms. The normalized spacial score (nSPS) is 49.2. The second-order valence-electron chi connectivity index (χ2n) is 2.67. The van der Waals surface area contributed by atoms with Crippen molar-refractivity contribution < 1.29 is 29.6 Å². The van der Waals surface area contributed by atoms with Crippen LogP contribution >= 0.6 is 0 Å². The Morgan fingerprint density at radius 3 is 2.25 bits per heavy atom. The average Bonchev–Trinajstić information content (AvgIpc) is 2.08. The molecular weight excluding hydrogens is 171 g/mol. The molecular formula is C6H11FO5. The van der Waals surface area contributed by atoms with E-state index in [4.69, 9.17) is 20.4 Å². The van der Waals surface area contributed by atoms with Crippen molar-refractivity contribution in [3.05, 3.63) is 0 Å². The van der Waals surface area contributed by atoms with E-state index >= 15 is 0 Å². The van der Waals surface area contributed by atoms with E-state index < -0.39 is 37.4 Å². The first kappa shape index (κ1) is 9.82. The highest BCUT2D eigenvalue weighted by atomic mass is 19.1. The van der Waals surface area contributed by atoms with E-state index in [0.717, 1.165) is 0 Å². The van der Waals surface area contributed by atoms with Gasteiger partial charge >= 0.3 is 0 Å². The Morgan fingerprint density at radius 2 is 1.75 bits per heavy atom. The van der Waals surface area contributed by atoms with E-state index in [9.17, 15) is 4.39 Å². The maximum atomic E-state index is 12.9. The molecule has 1 rings (SSSR count). The van der Waals surface area contributed by atoms with Gasteiger partial charge in [-0.15, -0.1) is 0 Å². The van der Waals surface area contributed by atoms with Gasteiger partial charge < -0.3 is 25.2 Å². The minimum atomic E-state index is -1.88. The molecule has 12 heavy (non-hydrogen) atoms. The van der Waals surface area contributed by atoms with Crippen molar-refractivity contribution in [3.8, 4) is 0 Å². The molecule has 0 saturated carbocycles. The first-order chi connectivity index (χ1) is 5.57. The molecule has 0 amide bonds. The summed E-state index contributed by atoms with van der Waals surface area (Å²) in [5.74, 6) is 0. The smallest absolute Gasteiger partial charge is 0.184 e. The van der Waals surface area contributed by atoms with Gasteiger partial charge in [-0.05, 0) is 0 Å². The third kappa shape index (κ3) is 1.57. The highest BCUT2D eigenvalue weighted by Crippen LogP contribution is 2.21. The lowest BCUT2D eigenvalue weighted by Gasteiger charge is -2.36. The van der Waals surface area contributed by atoms with Crippen molar-refractivity contribution in [2.24, 2.45) is 0 Å². The number of halogens is 1. The summed E-state index contributed by atoms with van der Waals surface area (Å²) in [6, 6.07) is 0. The van der Waals surface area contributed by atoms with Crippen LogP contribution in [0.3, 0.4) is 0 Å². The molecule has 0 aromatic rings. The van der Waals surface area contributed by atoms with Gasteiger partial charge in [-0.2, -0.15) is 0 Å². The Hall–Kier alpha value is -0.270. The van der Waals surface area contributed by atoms with Crippen molar-refractivity contribution in [1.29, 1.82) is 0 Å². The predicted octanol–water partition coefficient (Wildman–Crippen LogP) is -2.24. The molecule has 1 aliphatic rings. The molecule has 5 nitrogen and oxygen atoms in total. The maximum Gasteiger partial charge on any atom is 0.184 e. The number of rotatable bonds is 1. The van der Waals surface area contributed by atoms with Crippen LogP contribution in [0.2, 0.25) is 0 Å². The first-order valence-corrected chi connectivity index (χ1v) is 3.52. The average molecular weight is 182 g/mol. The molecule has 1 saturated heterocycles. The molecule has 0 aliphatic carbocycles. The number of hydrogen-bond acceptors (Lipinski definition) is 5. The van der Waals surface area contributed by atoms with Crippen LogP contribution in [0.15, 0.2) is 0 Å². The van der Waals surface area contributed by atoms with Gasteiger partial charge in [-0.3, -0.25) is 0 Å². The predicted molar refractivity (Wildman–Crippen MR) is 34.9 cm³/mol. The molecule has 6 heteroatoms. The van der Waals surface area contributed by atoms with Gasteiger partial charge in [0, 0.05) is 0 Å². The van der Waals surface area contributed by atoms with Gasteiger partial charge in [0.1, 0.15) is 18.3 Å². The molecule has 1 fully saturated rings. The van der Waals surface area contributed by atoms with E-state index in [2.05, 4.69) is 4.74 Å². The van der Waals surface area contributed by atoms with Crippen molar-refractivity contribution in [3.63, 3.8) is 0 Å². The third-order valence-electron chi connectivity index (χ3n) is 1.82. The maximum absolute atomic E-state index is 12.9. The number of hydrogen-bond donors (Lipinski definition) is 4. The number of aliphatic hydroxyl groups excluding tert-OH is 4. The zero-order valence-corrected chi connectivity index (χ0v) is 6.17. The van der Waals surface area contributed by atoms with Crippen LogP contribution in [0.1, 0.15) is 0 Å². The highest BCUT2D eigenvalue weighted by Gasteiger charge is 2.43. The molecule has 5 atom stereocenters.